The molecule has 0 bridgehead atoms. The van der Waals surface area contributed by atoms with Gasteiger partial charge in [-0.15, -0.1) is 0 Å². The highest BCUT2D eigenvalue weighted by molar-refractivity contribution is 7.92. The van der Waals surface area contributed by atoms with Crippen LogP contribution in [-0.2, 0) is 9.84 Å². The summed E-state index contributed by atoms with van der Waals surface area (Å²) in [5.74, 6) is 0.289. The summed E-state index contributed by atoms with van der Waals surface area (Å²) < 4.78 is 23.4. The van der Waals surface area contributed by atoms with Crippen molar-refractivity contribution in [1.29, 1.82) is 0 Å². The van der Waals surface area contributed by atoms with Crippen molar-refractivity contribution in [3.05, 3.63) is 0 Å². The Balaban J connectivity index is 2.42. The van der Waals surface area contributed by atoms with E-state index in [0.717, 1.165) is 26.1 Å². The van der Waals surface area contributed by atoms with E-state index >= 15 is 0 Å². The standard InChI is InChI=1S/C11H24N2O2S/c1-10(2)16(14,15)8-7-13-6-4-5-12-11(3)9-13/h10-12H,4-9H2,1-3H3. The van der Waals surface area contributed by atoms with Gasteiger partial charge in [-0.2, -0.15) is 0 Å². The van der Waals surface area contributed by atoms with Crippen LogP contribution in [0, 0.1) is 0 Å². The minimum atomic E-state index is -2.89. The molecule has 1 heterocycles. The first kappa shape index (κ1) is 13.9. The maximum atomic E-state index is 11.7. The highest BCUT2D eigenvalue weighted by atomic mass is 32.2. The molecule has 4 nitrogen and oxygen atoms in total. The largest absolute Gasteiger partial charge is 0.313 e. The van der Waals surface area contributed by atoms with Gasteiger partial charge in [0.2, 0.25) is 0 Å². The summed E-state index contributed by atoms with van der Waals surface area (Å²) in [6.07, 6.45) is 1.10. The van der Waals surface area contributed by atoms with Crippen LogP contribution in [0.3, 0.4) is 0 Å². The molecule has 1 saturated heterocycles. The second-order valence-corrected chi connectivity index (χ2v) is 7.60. The Morgan fingerprint density at radius 3 is 2.75 bits per heavy atom. The predicted molar refractivity (Wildman–Crippen MR) is 67.4 cm³/mol. The van der Waals surface area contributed by atoms with Gasteiger partial charge in [0.1, 0.15) is 0 Å². The zero-order valence-corrected chi connectivity index (χ0v) is 11.4. The monoisotopic (exact) mass is 248 g/mol. The van der Waals surface area contributed by atoms with Crippen molar-refractivity contribution in [3.63, 3.8) is 0 Å². The minimum absolute atomic E-state index is 0.255. The topological polar surface area (TPSA) is 49.4 Å². The van der Waals surface area contributed by atoms with Crippen molar-refractivity contribution in [2.75, 3.05) is 31.9 Å². The number of nitrogens with zero attached hydrogens (tertiary/aromatic N) is 1. The molecule has 1 aliphatic rings. The number of nitrogens with one attached hydrogen (secondary N) is 1. The molecule has 0 aromatic heterocycles. The van der Waals surface area contributed by atoms with Gasteiger partial charge in [-0.1, -0.05) is 0 Å². The summed E-state index contributed by atoms with van der Waals surface area (Å²) in [6, 6.07) is 0.462. The SMILES string of the molecule is CC1CN(CCS(=O)(=O)C(C)C)CCCN1. The average Bonchev–Trinajstić information content (AvgIpc) is 2.39. The fourth-order valence-corrected chi connectivity index (χ4v) is 2.87. The van der Waals surface area contributed by atoms with Gasteiger partial charge in [0.25, 0.3) is 0 Å². The van der Waals surface area contributed by atoms with Gasteiger partial charge in [0.05, 0.1) is 11.0 Å². The van der Waals surface area contributed by atoms with E-state index in [0.29, 0.717) is 12.6 Å². The number of hydrogen-bond donors (Lipinski definition) is 1. The van der Waals surface area contributed by atoms with Crippen LogP contribution >= 0.6 is 0 Å². The van der Waals surface area contributed by atoms with Crippen molar-refractivity contribution in [3.8, 4) is 0 Å². The second-order valence-electron chi connectivity index (χ2n) is 4.93. The quantitative estimate of drug-likeness (QED) is 0.787. The lowest BCUT2D eigenvalue weighted by molar-refractivity contribution is 0.288. The van der Waals surface area contributed by atoms with Crippen molar-refractivity contribution in [2.24, 2.45) is 0 Å². The zero-order valence-electron chi connectivity index (χ0n) is 10.6. The molecule has 1 unspecified atom stereocenters. The molecule has 0 spiro atoms. The lowest BCUT2D eigenvalue weighted by Gasteiger charge is -2.22. The number of rotatable bonds is 4. The number of hydrogen-bond acceptors (Lipinski definition) is 4. The van der Waals surface area contributed by atoms with E-state index < -0.39 is 9.84 Å². The van der Waals surface area contributed by atoms with Crippen LogP contribution in [0.15, 0.2) is 0 Å². The summed E-state index contributed by atoms with van der Waals surface area (Å²) in [6.45, 7) is 9.32. The van der Waals surface area contributed by atoms with Crippen LogP contribution in [0.4, 0.5) is 0 Å². The van der Waals surface area contributed by atoms with E-state index in [2.05, 4.69) is 17.1 Å². The van der Waals surface area contributed by atoms with Gasteiger partial charge in [-0.05, 0) is 40.3 Å². The number of sulfone groups is 1. The van der Waals surface area contributed by atoms with Gasteiger partial charge in [0, 0.05) is 19.1 Å². The normalized spacial score (nSPS) is 24.6. The highest BCUT2D eigenvalue weighted by Crippen LogP contribution is 2.04. The van der Waals surface area contributed by atoms with Gasteiger partial charge in [-0.3, -0.25) is 0 Å². The Labute approximate surface area is 99.3 Å². The molecular weight excluding hydrogens is 224 g/mol. The predicted octanol–water partition coefficient (Wildman–Crippen LogP) is 0.493. The molecule has 1 aliphatic heterocycles. The van der Waals surface area contributed by atoms with Crippen LogP contribution in [0.5, 0.6) is 0 Å². The van der Waals surface area contributed by atoms with Crippen LogP contribution in [0.2, 0.25) is 0 Å². The molecule has 0 aliphatic carbocycles. The molecule has 1 rings (SSSR count). The maximum absolute atomic E-state index is 11.7. The molecule has 96 valence electrons. The first-order valence-corrected chi connectivity index (χ1v) is 7.80. The van der Waals surface area contributed by atoms with Crippen molar-refractivity contribution in [2.45, 2.75) is 38.5 Å². The molecule has 0 radical (unpaired) electrons. The average molecular weight is 248 g/mol. The zero-order chi connectivity index (χ0) is 12.2. The molecule has 0 amide bonds. The van der Waals surface area contributed by atoms with E-state index in [4.69, 9.17) is 0 Å². The van der Waals surface area contributed by atoms with E-state index in [1.54, 1.807) is 13.8 Å². The van der Waals surface area contributed by atoms with Crippen LogP contribution in [0.25, 0.3) is 0 Å². The molecule has 5 heteroatoms. The smallest absolute Gasteiger partial charge is 0.153 e. The maximum Gasteiger partial charge on any atom is 0.153 e. The summed E-state index contributed by atoms with van der Waals surface area (Å²) in [4.78, 5) is 2.25. The third kappa shape index (κ3) is 4.39. The van der Waals surface area contributed by atoms with Crippen LogP contribution in [-0.4, -0.2) is 56.5 Å². The third-order valence-corrected chi connectivity index (χ3v) is 5.27. The Bertz CT molecular complexity index is 301. The lowest BCUT2D eigenvalue weighted by atomic mass is 10.3. The van der Waals surface area contributed by atoms with Crippen molar-refractivity contribution in [1.82, 2.24) is 10.2 Å². The third-order valence-electron chi connectivity index (χ3n) is 3.09. The molecular formula is C11H24N2O2S. The summed E-state index contributed by atoms with van der Waals surface area (Å²) in [7, 11) is -2.89. The van der Waals surface area contributed by atoms with E-state index in [-0.39, 0.29) is 11.0 Å². The molecule has 0 saturated carbocycles. The summed E-state index contributed by atoms with van der Waals surface area (Å²) in [5, 5.41) is 3.15. The molecule has 1 N–H and O–H groups in total. The highest BCUT2D eigenvalue weighted by Gasteiger charge is 2.19. The fraction of sp³-hybridized carbons (Fsp3) is 1.00. The second kappa shape index (κ2) is 5.98. The van der Waals surface area contributed by atoms with Gasteiger partial charge < -0.3 is 10.2 Å². The van der Waals surface area contributed by atoms with E-state index in [1.807, 2.05) is 0 Å². The minimum Gasteiger partial charge on any atom is -0.313 e. The first-order chi connectivity index (χ1) is 7.42. The molecule has 16 heavy (non-hydrogen) atoms. The summed E-state index contributed by atoms with van der Waals surface area (Å²) in [5.41, 5.74) is 0. The fourth-order valence-electron chi connectivity index (χ4n) is 1.89. The Morgan fingerprint density at radius 2 is 2.12 bits per heavy atom. The summed E-state index contributed by atoms with van der Waals surface area (Å²) >= 11 is 0. The van der Waals surface area contributed by atoms with Gasteiger partial charge >= 0.3 is 0 Å². The van der Waals surface area contributed by atoms with Gasteiger partial charge in [0.15, 0.2) is 9.84 Å². The lowest BCUT2D eigenvalue weighted by Crippen LogP contribution is -2.38. The van der Waals surface area contributed by atoms with Crippen LogP contribution < -0.4 is 5.32 Å². The molecule has 1 fully saturated rings. The van der Waals surface area contributed by atoms with Crippen LogP contribution in [0.1, 0.15) is 27.2 Å². The first-order valence-electron chi connectivity index (χ1n) is 6.09. The Morgan fingerprint density at radius 1 is 1.44 bits per heavy atom. The van der Waals surface area contributed by atoms with Gasteiger partial charge in [-0.25, -0.2) is 8.42 Å². The Hall–Kier alpha value is -0.130. The Kier molecular flexibility index (Phi) is 5.21. The van der Waals surface area contributed by atoms with Crippen molar-refractivity contribution >= 4 is 9.84 Å². The van der Waals surface area contributed by atoms with E-state index in [9.17, 15) is 8.42 Å². The molecule has 0 aromatic carbocycles. The van der Waals surface area contributed by atoms with Crippen molar-refractivity contribution < 1.29 is 8.42 Å². The molecule has 0 aromatic rings. The molecule has 1 atom stereocenters. The van der Waals surface area contributed by atoms with E-state index in [1.165, 1.54) is 0 Å².